The van der Waals surface area contributed by atoms with Gasteiger partial charge in [-0.1, -0.05) is 39.3 Å². The van der Waals surface area contributed by atoms with Gasteiger partial charge in [0.25, 0.3) is 11.4 Å². The van der Waals surface area contributed by atoms with E-state index in [1.807, 2.05) is 0 Å². The average Bonchev–Trinajstić information content (AvgIpc) is 1.54. The van der Waals surface area contributed by atoms with Gasteiger partial charge in [-0.25, -0.2) is 0 Å². The second-order valence-electron chi connectivity index (χ2n) is 3.69. The second-order valence-corrected chi connectivity index (χ2v) is 11.1. The maximum atomic E-state index is 8.67. The van der Waals surface area contributed by atoms with E-state index in [2.05, 4.69) is 39.3 Å². The third-order valence-corrected chi connectivity index (χ3v) is 0. The Kier molecular flexibility index (Phi) is 21.5. The minimum Gasteiger partial charge on any atom is -0.284 e. The van der Waals surface area contributed by atoms with Gasteiger partial charge in [-0.15, -0.1) is 0 Å². The molecule has 0 atom stereocenters. The SMILES string of the molecule is C[SiH](C)C.C[SiH](C)C.O=S(O)O. The van der Waals surface area contributed by atoms with E-state index in [4.69, 9.17) is 13.3 Å². The van der Waals surface area contributed by atoms with E-state index >= 15 is 0 Å². The van der Waals surface area contributed by atoms with Crippen LogP contribution in [0.5, 0.6) is 0 Å². The van der Waals surface area contributed by atoms with Crippen molar-refractivity contribution in [2.24, 2.45) is 0 Å². The first-order valence-corrected chi connectivity index (χ1v) is 12.0. The monoisotopic (exact) mass is 230 g/mol. The maximum Gasteiger partial charge on any atom is 0.299 e. The Hall–Kier alpha value is 0.504. The van der Waals surface area contributed by atoms with Crippen molar-refractivity contribution in [2.45, 2.75) is 39.3 Å². The molecular weight excluding hydrogens is 208 g/mol. The highest BCUT2D eigenvalue weighted by atomic mass is 32.2. The van der Waals surface area contributed by atoms with Crippen LogP contribution >= 0.6 is 0 Å². The summed E-state index contributed by atoms with van der Waals surface area (Å²) in [6.45, 7) is 13.8. The third kappa shape index (κ3) is 3740. The smallest absolute Gasteiger partial charge is 0.284 e. The molecule has 0 rings (SSSR count). The lowest BCUT2D eigenvalue weighted by Gasteiger charge is -1.75. The summed E-state index contributed by atoms with van der Waals surface area (Å²) in [6.07, 6.45) is 0. The quantitative estimate of drug-likeness (QED) is 0.493. The molecule has 0 aromatic heterocycles. The molecule has 0 fully saturated rings. The van der Waals surface area contributed by atoms with Gasteiger partial charge in [-0.05, 0) is 0 Å². The zero-order valence-electron chi connectivity index (χ0n) is 8.87. The maximum absolute atomic E-state index is 8.67. The van der Waals surface area contributed by atoms with E-state index in [1.54, 1.807) is 0 Å². The largest absolute Gasteiger partial charge is 0.299 e. The zero-order chi connectivity index (χ0) is 10.7. The van der Waals surface area contributed by atoms with E-state index < -0.39 is 11.4 Å². The molecule has 0 bridgehead atoms. The molecule has 0 radical (unpaired) electrons. The summed E-state index contributed by atoms with van der Waals surface area (Å²) in [5.74, 6) is 0. The number of hydrogen-bond donors (Lipinski definition) is 2. The average molecular weight is 230 g/mol. The highest BCUT2D eigenvalue weighted by Crippen LogP contribution is 1.68. The minimum absolute atomic E-state index is 0.139. The summed E-state index contributed by atoms with van der Waals surface area (Å²) in [7, 11) is -0.278. The topological polar surface area (TPSA) is 57.5 Å². The summed E-state index contributed by atoms with van der Waals surface area (Å²) in [5, 5.41) is 0. The summed E-state index contributed by atoms with van der Waals surface area (Å²) in [5.41, 5.74) is 0. The first-order chi connectivity index (χ1) is 5.20. The second kappa shape index (κ2) is 14.1. The highest BCUT2D eigenvalue weighted by Gasteiger charge is 1.72. The Morgan fingerprint density at radius 3 is 0.833 bits per heavy atom. The molecule has 0 saturated carbocycles. The molecule has 78 valence electrons. The molecule has 0 amide bonds. The molecule has 2 N–H and O–H groups in total. The normalized spacial score (nSPS) is 8.92. The van der Waals surface area contributed by atoms with Gasteiger partial charge in [0.1, 0.15) is 0 Å². The van der Waals surface area contributed by atoms with Crippen LogP contribution in [-0.4, -0.2) is 30.9 Å². The summed E-state index contributed by atoms with van der Waals surface area (Å²) in [4.78, 5) is 0. The van der Waals surface area contributed by atoms with Crippen LogP contribution in [0.2, 0.25) is 39.3 Å². The van der Waals surface area contributed by atoms with Gasteiger partial charge < -0.3 is 0 Å². The predicted molar refractivity (Wildman–Crippen MR) is 62.9 cm³/mol. The highest BCUT2D eigenvalue weighted by molar-refractivity contribution is 7.73. The van der Waals surface area contributed by atoms with Crippen LogP contribution in [0.25, 0.3) is 0 Å². The van der Waals surface area contributed by atoms with Crippen molar-refractivity contribution in [3.05, 3.63) is 0 Å². The lowest BCUT2D eigenvalue weighted by atomic mass is 11.8. The van der Waals surface area contributed by atoms with Crippen molar-refractivity contribution < 1.29 is 13.3 Å². The van der Waals surface area contributed by atoms with Gasteiger partial charge in [0.15, 0.2) is 0 Å². The Bertz CT molecular complexity index is 83.3. The van der Waals surface area contributed by atoms with Crippen molar-refractivity contribution in [2.75, 3.05) is 0 Å². The van der Waals surface area contributed by atoms with E-state index in [-0.39, 0.29) is 17.6 Å². The fourth-order valence-corrected chi connectivity index (χ4v) is 0. The van der Waals surface area contributed by atoms with Gasteiger partial charge >= 0.3 is 0 Å². The number of rotatable bonds is 0. The molecule has 3 nitrogen and oxygen atoms in total. The van der Waals surface area contributed by atoms with Gasteiger partial charge in [-0.2, -0.15) is 4.21 Å². The lowest BCUT2D eigenvalue weighted by molar-refractivity contribution is 0.454. The van der Waals surface area contributed by atoms with Crippen molar-refractivity contribution in [3.8, 4) is 0 Å². The van der Waals surface area contributed by atoms with Crippen molar-refractivity contribution in [1.82, 2.24) is 0 Å². The van der Waals surface area contributed by atoms with Gasteiger partial charge in [-0.3, -0.25) is 9.11 Å². The molecule has 0 aliphatic rings. The van der Waals surface area contributed by atoms with Gasteiger partial charge in [0, 0.05) is 17.6 Å². The van der Waals surface area contributed by atoms with Crippen LogP contribution in [-0.2, 0) is 11.4 Å². The van der Waals surface area contributed by atoms with Crippen LogP contribution in [0.15, 0.2) is 0 Å². The molecule has 0 aromatic carbocycles. The van der Waals surface area contributed by atoms with Gasteiger partial charge in [0.05, 0.1) is 0 Å². The fraction of sp³-hybridized carbons (Fsp3) is 1.00. The van der Waals surface area contributed by atoms with Crippen LogP contribution < -0.4 is 0 Å². The van der Waals surface area contributed by atoms with Gasteiger partial charge in [0.2, 0.25) is 0 Å². The molecule has 0 aliphatic heterocycles. The minimum atomic E-state index is -2.61. The van der Waals surface area contributed by atoms with Crippen LogP contribution in [0.1, 0.15) is 0 Å². The third-order valence-electron chi connectivity index (χ3n) is 0. The molecule has 0 spiro atoms. The van der Waals surface area contributed by atoms with E-state index in [9.17, 15) is 0 Å². The lowest BCUT2D eigenvalue weighted by Crippen LogP contribution is -1.84. The Morgan fingerprint density at radius 2 is 0.833 bits per heavy atom. The molecule has 0 aliphatic carbocycles. The Labute approximate surface area is 81.9 Å². The summed E-state index contributed by atoms with van der Waals surface area (Å²) < 4.78 is 22.8. The molecule has 12 heavy (non-hydrogen) atoms. The van der Waals surface area contributed by atoms with E-state index in [0.29, 0.717) is 0 Å². The predicted octanol–water partition coefficient (Wildman–Crippen LogP) is 1.89. The first-order valence-electron chi connectivity index (χ1n) is 4.00. The molecule has 0 unspecified atom stereocenters. The van der Waals surface area contributed by atoms with Crippen molar-refractivity contribution in [3.63, 3.8) is 0 Å². The Balaban J connectivity index is -0.000000101. The summed E-state index contributed by atoms with van der Waals surface area (Å²) in [6, 6.07) is 0. The van der Waals surface area contributed by atoms with Crippen LogP contribution in [0.4, 0.5) is 0 Å². The molecule has 0 saturated heterocycles. The zero-order valence-corrected chi connectivity index (χ0v) is 12.0. The van der Waals surface area contributed by atoms with E-state index in [0.717, 1.165) is 0 Å². The number of hydrogen-bond acceptors (Lipinski definition) is 1. The van der Waals surface area contributed by atoms with Crippen molar-refractivity contribution >= 4 is 29.0 Å². The van der Waals surface area contributed by atoms with Crippen molar-refractivity contribution in [1.29, 1.82) is 0 Å². The fourth-order valence-electron chi connectivity index (χ4n) is 0. The van der Waals surface area contributed by atoms with E-state index in [1.165, 1.54) is 0 Å². The molecule has 0 aromatic rings. The molecular formula is C6H22O3SSi2. The first kappa shape index (κ1) is 18.3. The standard InChI is InChI=1S/2C3H10Si.H2O3S/c3*1-4(2)3/h2*4H,1-3H3;(H2,1,2,3). The van der Waals surface area contributed by atoms with Crippen LogP contribution in [0, 0.1) is 0 Å². The molecule has 6 heteroatoms. The molecule has 0 heterocycles. The van der Waals surface area contributed by atoms with Crippen LogP contribution in [0.3, 0.4) is 0 Å². The Morgan fingerprint density at radius 1 is 0.833 bits per heavy atom. The summed E-state index contributed by atoms with van der Waals surface area (Å²) >= 11 is -2.61.